The van der Waals surface area contributed by atoms with Gasteiger partial charge in [-0.25, -0.2) is 4.98 Å². The average Bonchev–Trinajstić information content (AvgIpc) is 3.12. The van der Waals surface area contributed by atoms with Crippen molar-refractivity contribution in [2.75, 3.05) is 11.4 Å². The molecule has 2 aromatic heterocycles. The standard InChI is InChI=1S/C15H16N2O2S2/c1-8-9-5-7-20-11(9)4-6-17(8)15-16-13-10(14(18)19)2-3-12(13)21-15/h5,7-8,10H,2-4,6H2,1H3,(H,18,19). The van der Waals surface area contributed by atoms with E-state index in [1.54, 1.807) is 11.3 Å². The van der Waals surface area contributed by atoms with Crippen LogP contribution in [0.5, 0.6) is 0 Å². The zero-order valence-electron chi connectivity index (χ0n) is 11.7. The van der Waals surface area contributed by atoms with Gasteiger partial charge in [-0.05, 0) is 43.2 Å². The summed E-state index contributed by atoms with van der Waals surface area (Å²) in [5, 5.41) is 12.4. The number of carboxylic acids is 1. The van der Waals surface area contributed by atoms with Crippen LogP contribution < -0.4 is 4.90 Å². The van der Waals surface area contributed by atoms with Crippen LogP contribution in [-0.4, -0.2) is 22.6 Å². The number of thiophene rings is 1. The molecular weight excluding hydrogens is 304 g/mol. The minimum absolute atomic E-state index is 0.328. The van der Waals surface area contributed by atoms with Gasteiger partial charge in [0.2, 0.25) is 0 Å². The average molecular weight is 320 g/mol. The second kappa shape index (κ2) is 4.81. The molecule has 0 fully saturated rings. The molecule has 2 unspecified atom stereocenters. The van der Waals surface area contributed by atoms with Crippen LogP contribution in [0.4, 0.5) is 5.13 Å². The van der Waals surface area contributed by atoms with Gasteiger partial charge in [0, 0.05) is 16.3 Å². The van der Waals surface area contributed by atoms with E-state index in [0.717, 1.165) is 30.2 Å². The third kappa shape index (κ3) is 2.00. The molecule has 6 heteroatoms. The summed E-state index contributed by atoms with van der Waals surface area (Å²) in [4.78, 5) is 21.0. The van der Waals surface area contributed by atoms with E-state index in [1.807, 2.05) is 11.3 Å². The first-order valence-electron chi connectivity index (χ1n) is 7.20. The number of aryl methyl sites for hydroxylation is 1. The number of nitrogens with zero attached hydrogens (tertiary/aromatic N) is 2. The maximum Gasteiger partial charge on any atom is 0.312 e. The van der Waals surface area contributed by atoms with Crippen LogP contribution in [0.15, 0.2) is 11.4 Å². The summed E-state index contributed by atoms with van der Waals surface area (Å²) in [6.45, 7) is 3.19. The maximum atomic E-state index is 11.3. The molecule has 0 saturated carbocycles. The number of aromatic nitrogens is 1. The summed E-state index contributed by atoms with van der Waals surface area (Å²) in [6, 6.07) is 2.53. The van der Waals surface area contributed by atoms with Crippen LogP contribution in [0.25, 0.3) is 0 Å². The molecule has 3 heterocycles. The van der Waals surface area contributed by atoms with Crippen molar-refractivity contribution in [3.05, 3.63) is 32.5 Å². The third-order valence-corrected chi connectivity index (χ3v) is 6.69. The van der Waals surface area contributed by atoms with Gasteiger partial charge < -0.3 is 10.0 Å². The molecule has 0 bridgehead atoms. The normalized spacial score (nSPS) is 24.0. The fraction of sp³-hybridized carbons (Fsp3) is 0.467. The lowest BCUT2D eigenvalue weighted by Crippen LogP contribution is -2.33. The van der Waals surface area contributed by atoms with Crippen LogP contribution in [0.1, 0.15) is 46.3 Å². The quantitative estimate of drug-likeness (QED) is 0.921. The number of hydrogen-bond donors (Lipinski definition) is 1. The van der Waals surface area contributed by atoms with Crippen molar-refractivity contribution in [1.82, 2.24) is 4.98 Å². The first-order chi connectivity index (χ1) is 10.1. The zero-order valence-corrected chi connectivity index (χ0v) is 13.3. The second-order valence-corrected chi connectivity index (χ2v) is 7.72. The lowest BCUT2D eigenvalue weighted by Gasteiger charge is -2.33. The number of thiazole rings is 1. The maximum absolute atomic E-state index is 11.3. The Hall–Kier alpha value is -1.40. The summed E-state index contributed by atoms with van der Waals surface area (Å²) in [6.07, 6.45) is 2.62. The van der Waals surface area contributed by atoms with Crippen molar-refractivity contribution in [3.63, 3.8) is 0 Å². The van der Waals surface area contributed by atoms with Crippen LogP contribution in [-0.2, 0) is 17.6 Å². The van der Waals surface area contributed by atoms with Crippen molar-refractivity contribution >= 4 is 33.8 Å². The molecule has 0 saturated heterocycles. The fourth-order valence-corrected chi connectivity index (χ4v) is 5.55. The molecule has 4 rings (SSSR count). The lowest BCUT2D eigenvalue weighted by molar-refractivity contribution is -0.138. The van der Waals surface area contributed by atoms with Crippen LogP contribution in [0.2, 0.25) is 0 Å². The Balaban J connectivity index is 1.67. The van der Waals surface area contributed by atoms with Crippen molar-refractivity contribution in [2.45, 2.75) is 38.1 Å². The monoisotopic (exact) mass is 320 g/mol. The highest BCUT2D eigenvalue weighted by molar-refractivity contribution is 7.15. The minimum Gasteiger partial charge on any atom is -0.481 e. The van der Waals surface area contributed by atoms with E-state index in [4.69, 9.17) is 4.98 Å². The lowest BCUT2D eigenvalue weighted by atomic mass is 10.0. The molecule has 2 aliphatic rings. The largest absolute Gasteiger partial charge is 0.481 e. The summed E-state index contributed by atoms with van der Waals surface area (Å²) < 4.78 is 0. The van der Waals surface area contributed by atoms with Gasteiger partial charge in [0.15, 0.2) is 5.13 Å². The van der Waals surface area contributed by atoms with Crippen molar-refractivity contribution in [2.24, 2.45) is 0 Å². The van der Waals surface area contributed by atoms with Crippen LogP contribution in [0.3, 0.4) is 0 Å². The molecule has 0 amide bonds. The number of hydrogen-bond acceptors (Lipinski definition) is 5. The highest BCUT2D eigenvalue weighted by atomic mass is 32.1. The molecule has 0 spiro atoms. The van der Waals surface area contributed by atoms with Gasteiger partial charge in [0.05, 0.1) is 11.7 Å². The van der Waals surface area contributed by atoms with E-state index >= 15 is 0 Å². The van der Waals surface area contributed by atoms with Gasteiger partial charge in [0.1, 0.15) is 5.92 Å². The van der Waals surface area contributed by atoms with Gasteiger partial charge in [-0.2, -0.15) is 0 Å². The topological polar surface area (TPSA) is 53.4 Å². The van der Waals surface area contributed by atoms with E-state index < -0.39 is 11.9 Å². The van der Waals surface area contributed by atoms with Gasteiger partial charge in [-0.15, -0.1) is 22.7 Å². The van der Waals surface area contributed by atoms with Gasteiger partial charge >= 0.3 is 5.97 Å². The predicted molar refractivity (Wildman–Crippen MR) is 84.6 cm³/mol. The van der Waals surface area contributed by atoms with E-state index in [1.165, 1.54) is 15.3 Å². The number of fused-ring (bicyclic) bond motifs is 2. The molecule has 1 N–H and O–H groups in total. The van der Waals surface area contributed by atoms with Crippen LogP contribution >= 0.6 is 22.7 Å². The van der Waals surface area contributed by atoms with E-state index in [9.17, 15) is 9.90 Å². The van der Waals surface area contributed by atoms with Gasteiger partial charge in [-0.1, -0.05) is 0 Å². The molecule has 21 heavy (non-hydrogen) atoms. The molecule has 0 radical (unpaired) electrons. The molecular formula is C15H16N2O2S2. The Labute approximate surface area is 131 Å². The minimum atomic E-state index is -0.739. The van der Waals surface area contributed by atoms with E-state index in [0.29, 0.717) is 12.5 Å². The summed E-state index contributed by atoms with van der Waals surface area (Å²) in [5.41, 5.74) is 2.21. The smallest absolute Gasteiger partial charge is 0.312 e. The molecule has 1 aliphatic carbocycles. The Morgan fingerprint density at radius 3 is 3.10 bits per heavy atom. The number of rotatable bonds is 2. The molecule has 2 aromatic rings. The van der Waals surface area contributed by atoms with Crippen LogP contribution in [0, 0.1) is 0 Å². The van der Waals surface area contributed by atoms with Crippen molar-refractivity contribution in [1.29, 1.82) is 0 Å². The van der Waals surface area contributed by atoms with E-state index in [2.05, 4.69) is 23.3 Å². The summed E-state index contributed by atoms with van der Waals surface area (Å²) >= 11 is 3.52. The number of anilines is 1. The molecule has 1 aliphatic heterocycles. The Kier molecular flexibility index (Phi) is 3.04. The zero-order chi connectivity index (χ0) is 14.6. The number of carboxylic acid groups (broad SMARTS) is 1. The number of carbonyl (C=O) groups is 1. The Bertz CT molecular complexity index is 706. The second-order valence-electron chi connectivity index (χ2n) is 5.65. The van der Waals surface area contributed by atoms with Crippen molar-refractivity contribution < 1.29 is 9.90 Å². The van der Waals surface area contributed by atoms with Gasteiger partial charge in [-0.3, -0.25) is 4.79 Å². The first-order valence-corrected chi connectivity index (χ1v) is 8.90. The molecule has 0 aromatic carbocycles. The Morgan fingerprint density at radius 2 is 2.29 bits per heavy atom. The Morgan fingerprint density at radius 1 is 1.43 bits per heavy atom. The number of aliphatic carboxylic acids is 1. The summed E-state index contributed by atoms with van der Waals surface area (Å²) in [7, 11) is 0. The molecule has 4 nitrogen and oxygen atoms in total. The fourth-order valence-electron chi connectivity index (χ4n) is 3.35. The highest BCUT2D eigenvalue weighted by Gasteiger charge is 2.35. The van der Waals surface area contributed by atoms with E-state index in [-0.39, 0.29) is 0 Å². The van der Waals surface area contributed by atoms with Gasteiger partial charge in [0.25, 0.3) is 0 Å². The molecule has 2 atom stereocenters. The predicted octanol–water partition coefficient (Wildman–Crippen LogP) is 3.44. The summed E-state index contributed by atoms with van der Waals surface area (Å²) in [5.74, 6) is -1.14. The first kappa shape index (κ1) is 13.3. The molecule has 110 valence electrons. The SMILES string of the molecule is CC1c2ccsc2CCN1c1nc2c(s1)CCC2C(=O)O. The van der Waals surface area contributed by atoms with Crippen molar-refractivity contribution in [3.8, 4) is 0 Å². The third-order valence-electron chi connectivity index (χ3n) is 4.53. The highest BCUT2D eigenvalue weighted by Crippen LogP contribution is 2.43.